The fourth-order valence-electron chi connectivity index (χ4n) is 1.94. The number of allylic oxidation sites excluding steroid dienone is 4. The van der Waals surface area contributed by atoms with Gasteiger partial charge in [0.25, 0.3) is 0 Å². The molecule has 0 aromatic heterocycles. The number of benzene rings is 1. The molecule has 0 bridgehead atoms. The Morgan fingerprint density at radius 1 is 1.20 bits per heavy atom. The van der Waals surface area contributed by atoms with Crippen molar-refractivity contribution < 1.29 is 0 Å². The third kappa shape index (κ3) is 2.57. The molecular weight excluding hydrogens is 182 g/mol. The van der Waals surface area contributed by atoms with Crippen molar-refractivity contribution in [2.45, 2.75) is 12.8 Å². The Balaban J connectivity index is 2.07. The van der Waals surface area contributed by atoms with Crippen LogP contribution in [0.4, 0.5) is 0 Å². The van der Waals surface area contributed by atoms with Gasteiger partial charge in [-0.3, -0.25) is 0 Å². The topological polar surface area (TPSA) is 26.0 Å². The van der Waals surface area contributed by atoms with Crippen molar-refractivity contribution in [2.24, 2.45) is 11.7 Å². The molecule has 0 fully saturated rings. The van der Waals surface area contributed by atoms with E-state index in [1.807, 2.05) is 6.07 Å². The van der Waals surface area contributed by atoms with Gasteiger partial charge in [0.15, 0.2) is 0 Å². The molecule has 78 valence electrons. The molecule has 1 aliphatic rings. The van der Waals surface area contributed by atoms with Crippen LogP contribution in [0.25, 0.3) is 5.57 Å². The predicted octanol–water partition coefficient (Wildman–Crippen LogP) is 2.99. The Hall–Kier alpha value is -1.34. The number of hydrogen-bond donors (Lipinski definition) is 1. The summed E-state index contributed by atoms with van der Waals surface area (Å²) in [6.45, 7) is 0.781. The van der Waals surface area contributed by atoms with Gasteiger partial charge >= 0.3 is 0 Å². The van der Waals surface area contributed by atoms with Crippen molar-refractivity contribution >= 4 is 5.57 Å². The van der Waals surface area contributed by atoms with E-state index in [1.165, 1.54) is 11.1 Å². The van der Waals surface area contributed by atoms with Crippen LogP contribution in [0.5, 0.6) is 0 Å². The van der Waals surface area contributed by atoms with Gasteiger partial charge in [0.2, 0.25) is 0 Å². The Morgan fingerprint density at radius 2 is 2.00 bits per heavy atom. The summed E-state index contributed by atoms with van der Waals surface area (Å²) in [7, 11) is 0. The summed E-state index contributed by atoms with van der Waals surface area (Å²) in [5.41, 5.74) is 8.19. The van der Waals surface area contributed by atoms with Crippen LogP contribution in [-0.2, 0) is 0 Å². The average Bonchev–Trinajstić information content (AvgIpc) is 2.32. The first-order valence-electron chi connectivity index (χ1n) is 5.54. The highest BCUT2D eigenvalue weighted by molar-refractivity contribution is 5.74. The predicted molar refractivity (Wildman–Crippen MR) is 65.3 cm³/mol. The van der Waals surface area contributed by atoms with Gasteiger partial charge in [-0.05, 0) is 36.4 Å². The van der Waals surface area contributed by atoms with Crippen molar-refractivity contribution in [2.75, 3.05) is 6.54 Å². The summed E-state index contributed by atoms with van der Waals surface area (Å²) < 4.78 is 0. The Bertz CT molecular complexity index is 362. The number of rotatable bonds is 3. The second kappa shape index (κ2) is 4.94. The summed E-state index contributed by atoms with van der Waals surface area (Å²) in [5.74, 6) is 0.641. The molecule has 2 rings (SSSR count). The molecule has 0 amide bonds. The zero-order valence-electron chi connectivity index (χ0n) is 8.89. The molecule has 0 saturated carbocycles. The van der Waals surface area contributed by atoms with E-state index in [0.717, 1.165) is 19.4 Å². The van der Waals surface area contributed by atoms with Gasteiger partial charge in [-0.25, -0.2) is 0 Å². The van der Waals surface area contributed by atoms with Gasteiger partial charge in [0, 0.05) is 0 Å². The fraction of sp³-hybridized carbons (Fsp3) is 0.286. The minimum absolute atomic E-state index is 0.641. The van der Waals surface area contributed by atoms with E-state index in [0.29, 0.717) is 5.92 Å². The van der Waals surface area contributed by atoms with Crippen LogP contribution in [0.15, 0.2) is 48.6 Å². The van der Waals surface area contributed by atoms with Crippen LogP contribution in [0.3, 0.4) is 0 Å². The number of nitrogens with two attached hydrogens (primary N) is 1. The van der Waals surface area contributed by atoms with E-state index in [-0.39, 0.29) is 0 Å². The molecule has 1 nitrogen and oxygen atoms in total. The molecule has 1 atom stereocenters. The summed E-state index contributed by atoms with van der Waals surface area (Å²) in [4.78, 5) is 0. The van der Waals surface area contributed by atoms with Crippen LogP contribution >= 0.6 is 0 Å². The van der Waals surface area contributed by atoms with E-state index in [2.05, 4.69) is 42.5 Å². The maximum Gasteiger partial charge on any atom is -0.00715 e. The van der Waals surface area contributed by atoms with Gasteiger partial charge in [0.05, 0.1) is 0 Å². The van der Waals surface area contributed by atoms with Crippen LogP contribution in [0.2, 0.25) is 0 Å². The molecule has 1 aromatic carbocycles. The molecule has 1 unspecified atom stereocenters. The second-order valence-corrected chi connectivity index (χ2v) is 3.96. The van der Waals surface area contributed by atoms with E-state index >= 15 is 0 Å². The highest BCUT2D eigenvalue weighted by atomic mass is 14.5. The van der Waals surface area contributed by atoms with Crippen molar-refractivity contribution in [1.29, 1.82) is 0 Å². The first-order valence-corrected chi connectivity index (χ1v) is 5.54. The van der Waals surface area contributed by atoms with E-state index in [9.17, 15) is 0 Å². The molecule has 0 radical (unpaired) electrons. The molecular formula is C14H17N. The largest absolute Gasteiger partial charge is 0.330 e. The van der Waals surface area contributed by atoms with Crippen LogP contribution in [0, 0.1) is 5.92 Å². The second-order valence-electron chi connectivity index (χ2n) is 3.96. The summed E-state index contributed by atoms with van der Waals surface area (Å²) in [6, 6.07) is 10.5. The van der Waals surface area contributed by atoms with E-state index in [4.69, 9.17) is 5.73 Å². The summed E-state index contributed by atoms with van der Waals surface area (Å²) in [5, 5.41) is 0. The zero-order valence-corrected chi connectivity index (χ0v) is 8.89. The van der Waals surface area contributed by atoms with Crippen LogP contribution < -0.4 is 5.73 Å². The highest BCUT2D eigenvalue weighted by Crippen LogP contribution is 2.25. The fourth-order valence-corrected chi connectivity index (χ4v) is 1.94. The van der Waals surface area contributed by atoms with Gasteiger partial charge < -0.3 is 5.73 Å². The molecule has 0 heterocycles. The summed E-state index contributed by atoms with van der Waals surface area (Å²) >= 11 is 0. The molecule has 2 N–H and O–H groups in total. The van der Waals surface area contributed by atoms with Crippen LogP contribution in [-0.4, -0.2) is 6.54 Å². The highest BCUT2D eigenvalue weighted by Gasteiger charge is 2.08. The molecule has 0 saturated heterocycles. The molecule has 1 heteroatoms. The lowest BCUT2D eigenvalue weighted by atomic mass is 9.91. The normalized spacial score (nSPS) is 20.1. The van der Waals surface area contributed by atoms with Gasteiger partial charge in [-0.15, -0.1) is 0 Å². The third-order valence-electron chi connectivity index (χ3n) is 2.83. The zero-order chi connectivity index (χ0) is 10.5. The Labute approximate surface area is 91.3 Å². The van der Waals surface area contributed by atoms with Crippen molar-refractivity contribution in [1.82, 2.24) is 0 Å². The lowest BCUT2D eigenvalue weighted by Crippen LogP contribution is -2.07. The van der Waals surface area contributed by atoms with Gasteiger partial charge in [-0.2, -0.15) is 0 Å². The first kappa shape index (κ1) is 10.2. The van der Waals surface area contributed by atoms with Crippen molar-refractivity contribution in [3.05, 3.63) is 54.1 Å². The molecule has 0 spiro atoms. The average molecular weight is 199 g/mol. The number of hydrogen-bond acceptors (Lipinski definition) is 1. The molecule has 1 aromatic rings. The van der Waals surface area contributed by atoms with E-state index < -0.39 is 0 Å². The minimum Gasteiger partial charge on any atom is -0.330 e. The monoisotopic (exact) mass is 199 g/mol. The maximum atomic E-state index is 5.55. The Morgan fingerprint density at radius 3 is 2.60 bits per heavy atom. The van der Waals surface area contributed by atoms with Gasteiger partial charge in [-0.1, -0.05) is 48.6 Å². The summed E-state index contributed by atoms with van der Waals surface area (Å²) in [6.07, 6.45) is 9.04. The smallest absolute Gasteiger partial charge is 0.00715 e. The van der Waals surface area contributed by atoms with Crippen molar-refractivity contribution in [3.63, 3.8) is 0 Å². The quantitative estimate of drug-likeness (QED) is 0.795. The Kier molecular flexibility index (Phi) is 3.36. The van der Waals surface area contributed by atoms with Crippen LogP contribution in [0.1, 0.15) is 18.4 Å². The molecule has 0 aliphatic heterocycles. The van der Waals surface area contributed by atoms with E-state index in [1.54, 1.807) is 0 Å². The maximum absolute atomic E-state index is 5.55. The van der Waals surface area contributed by atoms with Crippen molar-refractivity contribution in [3.8, 4) is 0 Å². The lowest BCUT2D eigenvalue weighted by molar-refractivity contribution is 0.605. The minimum atomic E-state index is 0.641. The SMILES string of the molecule is NCCC1C=CC(c2ccccc2)=CC1. The van der Waals surface area contributed by atoms with Gasteiger partial charge in [0.1, 0.15) is 0 Å². The lowest BCUT2D eigenvalue weighted by Gasteiger charge is -2.15. The third-order valence-corrected chi connectivity index (χ3v) is 2.83. The standard InChI is InChI=1S/C14H17N/c15-11-10-12-6-8-14(9-7-12)13-4-2-1-3-5-13/h1-6,8-9,12H,7,10-11,15H2. The first-order chi connectivity index (χ1) is 7.40. The molecule has 15 heavy (non-hydrogen) atoms. The molecule has 1 aliphatic carbocycles.